The van der Waals surface area contributed by atoms with Crippen LogP contribution in [-0.4, -0.2) is 48.7 Å². The fourth-order valence-electron chi connectivity index (χ4n) is 4.07. The number of esters is 1. The van der Waals surface area contributed by atoms with Crippen LogP contribution in [0.4, 0.5) is 0 Å². The summed E-state index contributed by atoms with van der Waals surface area (Å²) in [6.07, 6.45) is 5.60. The smallest absolute Gasteiger partial charge is 0.306 e. The third kappa shape index (κ3) is 7.04. The summed E-state index contributed by atoms with van der Waals surface area (Å²) in [5.74, 6) is 1.33. The highest BCUT2D eigenvalue weighted by molar-refractivity contribution is 7.09. The highest BCUT2D eigenvalue weighted by Gasteiger charge is 2.19. The highest BCUT2D eigenvalue weighted by Crippen LogP contribution is 2.36. The molecule has 3 rings (SSSR count). The van der Waals surface area contributed by atoms with Gasteiger partial charge in [0.05, 0.1) is 17.8 Å². The van der Waals surface area contributed by atoms with Gasteiger partial charge < -0.3 is 14.4 Å². The number of benzene rings is 1. The van der Waals surface area contributed by atoms with E-state index in [1.54, 1.807) is 18.4 Å². The molecule has 0 amide bonds. The van der Waals surface area contributed by atoms with Crippen LogP contribution in [0.5, 0.6) is 5.75 Å². The number of hydrogen-bond donors (Lipinski definition) is 0. The van der Waals surface area contributed by atoms with Crippen LogP contribution in [-0.2, 0) is 16.0 Å². The Kier molecular flexibility index (Phi) is 8.11. The summed E-state index contributed by atoms with van der Waals surface area (Å²) < 4.78 is 11.1. The predicted octanol–water partition coefficient (Wildman–Crippen LogP) is 5.68. The topological polar surface area (TPSA) is 51.7 Å². The molecule has 0 saturated carbocycles. The minimum atomic E-state index is -0.430. The lowest BCUT2D eigenvalue weighted by Crippen LogP contribution is -2.23. The minimum absolute atomic E-state index is 0.147. The maximum Gasteiger partial charge on any atom is 0.306 e. The molecule has 0 N–H and O–H groups in total. The second-order valence-corrected chi connectivity index (χ2v) is 10.4. The van der Waals surface area contributed by atoms with Crippen LogP contribution >= 0.6 is 11.3 Å². The molecular formula is C25H36N2O3S. The van der Waals surface area contributed by atoms with Gasteiger partial charge >= 0.3 is 5.97 Å². The normalized spacial score (nSPS) is 17.9. The van der Waals surface area contributed by atoms with E-state index in [2.05, 4.69) is 35.5 Å². The molecule has 0 bridgehead atoms. The Balaban J connectivity index is 1.63. The molecule has 5 nitrogen and oxygen atoms in total. The Morgan fingerprint density at radius 2 is 2.06 bits per heavy atom. The van der Waals surface area contributed by atoms with Crippen LogP contribution in [0.1, 0.15) is 69.4 Å². The lowest BCUT2D eigenvalue weighted by molar-refractivity contribution is -0.154. The van der Waals surface area contributed by atoms with Crippen molar-refractivity contribution >= 4 is 17.3 Å². The standard InChI is InChI=1S/C25H36N2O3S/c1-25(2,3)30-24(28)10-6-9-23-26-21(17-31-23)20-12-11-19(16-22(20)29-5)18-8-7-14-27(4)15-13-18/h11-12,16-18H,6-10,13-15H2,1-5H3. The number of likely N-dealkylation sites (tertiary alicyclic amines) is 1. The molecule has 1 atom stereocenters. The number of hydrogen-bond acceptors (Lipinski definition) is 6. The molecule has 2 heterocycles. The van der Waals surface area contributed by atoms with Crippen molar-refractivity contribution in [1.29, 1.82) is 0 Å². The Labute approximate surface area is 190 Å². The molecule has 1 unspecified atom stereocenters. The van der Waals surface area contributed by atoms with Crippen molar-refractivity contribution < 1.29 is 14.3 Å². The highest BCUT2D eigenvalue weighted by atomic mass is 32.1. The van der Waals surface area contributed by atoms with Crippen LogP contribution in [0.3, 0.4) is 0 Å². The van der Waals surface area contributed by atoms with Crippen LogP contribution < -0.4 is 4.74 Å². The Morgan fingerprint density at radius 1 is 1.26 bits per heavy atom. The molecule has 31 heavy (non-hydrogen) atoms. The zero-order chi connectivity index (χ0) is 22.4. The summed E-state index contributed by atoms with van der Waals surface area (Å²) in [5, 5.41) is 3.12. The number of ether oxygens (including phenoxy) is 2. The molecule has 170 valence electrons. The SMILES string of the molecule is COc1cc(C2CCCN(C)CC2)ccc1-c1csc(CCCC(=O)OC(C)(C)C)n1. The molecule has 2 aromatic rings. The monoisotopic (exact) mass is 444 g/mol. The number of rotatable bonds is 7. The van der Waals surface area contributed by atoms with E-state index in [0.29, 0.717) is 12.3 Å². The van der Waals surface area contributed by atoms with Gasteiger partial charge in [0, 0.05) is 17.4 Å². The van der Waals surface area contributed by atoms with E-state index in [0.717, 1.165) is 41.4 Å². The van der Waals surface area contributed by atoms with Crippen molar-refractivity contribution in [2.75, 3.05) is 27.2 Å². The van der Waals surface area contributed by atoms with E-state index in [1.165, 1.54) is 31.4 Å². The van der Waals surface area contributed by atoms with Crippen LogP contribution in [0.15, 0.2) is 23.6 Å². The van der Waals surface area contributed by atoms with Gasteiger partial charge in [-0.2, -0.15) is 0 Å². The third-order valence-electron chi connectivity index (χ3n) is 5.67. The first-order valence-corrected chi connectivity index (χ1v) is 12.2. The fraction of sp³-hybridized carbons (Fsp3) is 0.600. The zero-order valence-electron chi connectivity index (χ0n) is 19.6. The molecule has 0 radical (unpaired) electrons. The fourth-order valence-corrected chi connectivity index (χ4v) is 4.91. The van der Waals surface area contributed by atoms with Gasteiger partial charge in [-0.25, -0.2) is 4.98 Å². The number of thiazole rings is 1. The molecule has 1 aliphatic heterocycles. The van der Waals surface area contributed by atoms with Gasteiger partial charge in [-0.1, -0.05) is 6.07 Å². The van der Waals surface area contributed by atoms with E-state index in [-0.39, 0.29) is 5.97 Å². The van der Waals surface area contributed by atoms with Crippen molar-refractivity contribution in [2.45, 2.75) is 70.8 Å². The van der Waals surface area contributed by atoms with Crippen molar-refractivity contribution in [2.24, 2.45) is 0 Å². The van der Waals surface area contributed by atoms with Gasteiger partial charge in [0.15, 0.2) is 0 Å². The van der Waals surface area contributed by atoms with Crippen molar-refractivity contribution in [3.05, 3.63) is 34.2 Å². The number of methoxy groups -OCH3 is 1. The van der Waals surface area contributed by atoms with E-state index >= 15 is 0 Å². The molecule has 0 spiro atoms. The predicted molar refractivity (Wildman–Crippen MR) is 127 cm³/mol. The quantitative estimate of drug-likeness (QED) is 0.514. The second kappa shape index (κ2) is 10.6. The van der Waals surface area contributed by atoms with Crippen LogP contribution in [0.2, 0.25) is 0 Å². The van der Waals surface area contributed by atoms with Crippen molar-refractivity contribution in [1.82, 2.24) is 9.88 Å². The summed E-state index contributed by atoms with van der Waals surface area (Å²) in [6.45, 7) is 8.01. The number of aryl methyl sites for hydroxylation is 1. The number of carbonyl (C=O) groups excluding carboxylic acids is 1. The van der Waals surface area contributed by atoms with Gasteiger partial charge in [-0.05, 0) is 96.6 Å². The first-order valence-electron chi connectivity index (χ1n) is 11.3. The van der Waals surface area contributed by atoms with E-state index in [9.17, 15) is 4.79 Å². The van der Waals surface area contributed by atoms with Gasteiger partial charge in [-0.15, -0.1) is 11.3 Å². The third-order valence-corrected chi connectivity index (χ3v) is 6.58. The summed E-state index contributed by atoms with van der Waals surface area (Å²) in [7, 11) is 3.94. The van der Waals surface area contributed by atoms with Crippen LogP contribution in [0.25, 0.3) is 11.3 Å². The summed E-state index contributed by atoms with van der Waals surface area (Å²) in [4.78, 5) is 19.1. The molecule has 1 saturated heterocycles. The molecule has 1 aromatic carbocycles. The molecular weight excluding hydrogens is 408 g/mol. The maximum absolute atomic E-state index is 11.9. The van der Waals surface area contributed by atoms with Gasteiger partial charge in [0.2, 0.25) is 0 Å². The Bertz CT molecular complexity index is 872. The molecule has 6 heteroatoms. The maximum atomic E-state index is 11.9. The van der Waals surface area contributed by atoms with Crippen molar-refractivity contribution in [3.8, 4) is 17.0 Å². The van der Waals surface area contributed by atoms with Crippen molar-refractivity contribution in [3.63, 3.8) is 0 Å². The summed E-state index contributed by atoms with van der Waals surface area (Å²) >= 11 is 1.64. The molecule has 1 aromatic heterocycles. The van der Waals surface area contributed by atoms with E-state index < -0.39 is 5.60 Å². The lowest BCUT2D eigenvalue weighted by atomic mass is 9.91. The minimum Gasteiger partial charge on any atom is -0.496 e. The number of aromatic nitrogens is 1. The van der Waals surface area contributed by atoms with Crippen LogP contribution in [0, 0.1) is 0 Å². The summed E-state index contributed by atoms with van der Waals surface area (Å²) in [6, 6.07) is 6.60. The van der Waals surface area contributed by atoms with Gasteiger partial charge in [-0.3, -0.25) is 4.79 Å². The average Bonchev–Trinajstić information content (AvgIpc) is 3.06. The molecule has 0 aliphatic carbocycles. The second-order valence-electron chi connectivity index (χ2n) is 9.46. The summed E-state index contributed by atoms with van der Waals surface area (Å²) in [5.41, 5.74) is 2.91. The zero-order valence-corrected chi connectivity index (χ0v) is 20.4. The first kappa shape index (κ1) is 23.7. The van der Waals surface area contributed by atoms with E-state index in [1.807, 2.05) is 20.8 Å². The molecule has 1 aliphatic rings. The first-order chi connectivity index (χ1) is 14.7. The molecule has 1 fully saturated rings. The Morgan fingerprint density at radius 3 is 2.81 bits per heavy atom. The number of nitrogens with zero attached hydrogens (tertiary/aromatic N) is 2. The number of carbonyl (C=O) groups is 1. The van der Waals surface area contributed by atoms with Gasteiger partial charge in [0.1, 0.15) is 11.4 Å². The Hall–Kier alpha value is -1.92. The van der Waals surface area contributed by atoms with E-state index in [4.69, 9.17) is 14.5 Å². The van der Waals surface area contributed by atoms with Gasteiger partial charge in [0.25, 0.3) is 0 Å². The lowest BCUT2D eigenvalue weighted by Gasteiger charge is -2.19. The average molecular weight is 445 g/mol. The largest absolute Gasteiger partial charge is 0.496 e.